The van der Waals surface area contributed by atoms with Gasteiger partial charge in [-0.2, -0.15) is 0 Å². The van der Waals surface area contributed by atoms with Crippen LogP contribution in [0.15, 0.2) is 24.3 Å². The Morgan fingerprint density at radius 2 is 1.81 bits per heavy atom. The van der Waals surface area contributed by atoms with Gasteiger partial charge in [-0.15, -0.1) is 0 Å². The van der Waals surface area contributed by atoms with Crippen LogP contribution in [0.2, 0.25) is 0 Å². The van der Waals surface area contributed by atoms with Crippen molar-refractivity contribution < 1.29 is 19.1 Å². The fourth-order valence-electron chi connectivity index (χ4n) is 1.74. The van der Waals surface area contributed by atoms with E-state index in [-0.39, 0.29) is 12.6 Å². The largest absolute Gasteiger partial charge is 0.494 e. The van der Waals surface area contributed by atoms with Gasteiger partial charge in [-0.05, 0) is 38.5 Å². The van der Waals surface area contributed by atoms with Crippen molar-refractivity contribution >= 4 is 11.9 Å². The standard InChI is InChI=1S/C15H22N2O4/c1-4-20-12-8-6-11(7-9-12)10(3)17-14(18)13(16)15(19)21-5-2/h6-10,13H,4-5,16H2,1-3H3,(H,17,18). The first kappa shape index (κ1) is 17.0. The van der Waals surface area contributed by atoms with E-state index < -0.39 is 17.9 Å². The van der Waals surface area contributed by atoms with Crippen LogP contribution < -0.4 is 15.8 Å². The lowest BCUT2D eigenvalue weighted by Gasteiger charge is -2.17. The monoisotopic (exact) mass is 294 g/mol. The number of amides is 1. The molecule has 2 unspecified atom stereocenters. The minimum Gasteiger partial charge on any atom is -0.494 e. The molecule has 0 radical (unpaired) electrons. The summed E-state index contributed by atoms with van der Waals surface area (Å²) in [6.45, 7) is 6.17. The Kier molecular flexibility index (Phi) is 6.68. The first-order valence-electron chi connectivity index (χ1n) is 6.94. The van der Waals surface area contributed by atoms with Crippen molar-refractivity contribution in [3.8, 4) is 5.75 Å². The smallest absolute Gasteiger partial charge is 0.332 e. The summed E-state index contributed by atoms with van der Waals surface area (Å²) < 4.78 is 10.1. The fourth-order valence-corrected chi connectivity index (χ4v) is 1.74. The molecule has 1 aromatic rings. The van der Waals surface area contributed by atoms with Gasteiger partial charge < -0.3 is 20.5 Å². The molecule has 3 N–H and O–H groups in total. The summed E-state index contributed by atoms with van der Waals surface area (Å²) in [6.07, 6.45) is 0. The molecule has 6 heteroatoms. The minimum absolute atomic E-state index is 0.189. The van der Waals surface area contributed by atoms with Crippen molar-refractivity contribution in [2.24, 2.45) is 5.73 Å². The molecule has 0 aromatic heterocycles. The lowest BCUT2D eigenvalue weighted by molar-refractivity contribution is -0.148. The molecule has 0 spiro atoms. The van der Waals surface area contributed by atoms with Crippen LogP contribution in [0.5, 0.6) is 5.75 Å². The zero-order valence-corrected chi connectivity index (χ0v) is 12.6. The molecule has 1 aromatic carbocycles. The van der Waals surface area contributed by atoms with Crippen LogP contribution >= 0.6 is 0 Å². The summed E-state index contributed by atoms with van der Waals surface area (Å²) in [5.74, 6) is -0.522. The molecule has 0 aliphatic heterocycles. The van der Waals surface area contributed by atoms with Gasteiger partial charge in [0.25, 0.3) is 0 Å². The van der Waals surface area contributed by atoms with E-state index in [1.165, 1.54) is 0 Å². The van der Waals surface area contributed by atoms with Crippen molar-refractivity contribution in [3.63, 3.8) is 0 Å². The van der Waals surface area contributed by atoms with Gasteiger partial charge in [-0.25, -0.2) is 4.79 Å². The Labute approximate surface area is 124 Å². The number of hydrogen-bond acceptors (Lipinski definition) is 5. The van der Waals surface area contributed by atoms with Crippen LogP contribution in [-0.2, 0) is 14.3 Å². The van der Waals surface area contributed by atoms with E-state index >= 15 is 0 Å². The van der Waals surface area contributed by atoms with Crippen LogP contribution in [0.4, 0.5) is 0 Å². The summed E-state index contributed by atoms with van der Waals surface area (Å²) in [4.78, 5) is 23.2. The lowest BCUT2D eigenvalue weighted by Crippen LogP contribution is -2.47. The first-order chi connectivity index (χ1) is 9.99. The van der Waals surface area contributed by atoms with Crippen LogP contribution in [0.25, 0.3) is 0 Å². The van der Waals surface area contributed by atoms with Crippen molar-refractivity contribution in [2.75, 3.05) is 13.2 Å². The third kappa shape index (κ3) is 5.07. The second kappa shape index (κ2) is 8.26. The number of ether oxygens (including phenoxy) is 2. The molecule has 116 valence electrons. The van der Waals surface area contributed by atoms with Gasteiger partial charge in [0.2, 0.25) is 5.91 Å². The van der Waals surface area contributed by atoms with E-state index in [0.717, 1.165) is 11.3 Å². The third-order valence-corrected chi connectivity index (χ3v) is 2.87. The van der Waals surface area contributed by atoms with E-state index in [1.807, 2.05) is 38.1 Å². The molecule has 21 heavy (non-hydrogen) atoms. The SMILES string of the molecule is CCOC(=O)C(N)C(=O)NC(C)c1ccc(OCC)cc1. The average Bonchev–Trinajstić information content (AvgIpc) is 2.47. The zero-order chi connectivity index (χ0) is 15.8. The van der Waals surface area contributed by atoms with Gasteiger partial charge >= 0.3 is 5.97 Å². The molecule has 0 aliphatic carbocycles. The number of nitrogens with two attached hydrogens (primary N) is 1. The van der Waals surface area contributed by atoms with E-state index in [1.54, 1.807) is 6.92 Å². The van der Waals surface area contributed by atoms with Crippen molar-refractivity contribution in [1.29, 1.82) is 0 Å². The summed E-state index contributed by atoms with van der Waals surface area (Å²) in [5, 5.41) is 2.68. The molecule has 0 fully saturated rings. The van der Waals surface area contributed by atoms with Crippen molar-refractivity contribution in [1.82, 2.24) is 5.32 Å². The number of carbonyl (C=O) groups is 2. The van der Waals surface area contributed by atoms with Gasteiger partial charge in [0.15, 0.2) is 6.04 Å². The highest BCUT2D eigenvalue weighted by atomic mass is 16.5. The second-order valence-electron chi connectivity index (χ2n) is 4.46. The summed E-state index contributed by atoms with van der Waals surface area (Å²) in [7, 11) is 0. The number of benzene rings is 1. The number of rotatable bonds is 7. The summed E-state index contributed by atoms with van der Waals surface area (Å²) >= 11 is 0. The molecule has 1 amide bonds. The third-order valence-electron chi connectivity index (χ3n) is 2.87. The summed E-state index contributed by atoms with van der Waals surface area (Å²) in [5.41, 5.74) is 6.42. The molecule has 0 heterocycles. The normalized spacial score (nSPS) is 13.1. The quantitative estimate of drug-likeness (QED) is 0.581. The second-order valence-corrected chi connectivity index (χ2v) is 4.46. The molecule has 0 aliphatic rings. The molecule has 2 atom stereocenters. The Bertz CT molecular complexity index is 473. The number of nitrogens with one attached hydrogen (secondary N) is 1. The maximum absolute atomic E-state index is 11.9. The molecule has 6 nitrogen and oxygen atoms in total. The Morgan fingerprint density at radius 1 is 1.19 bits per heavy atom. The Morgan fingerprint density at radius 3 is 2.33 bits per heavy atom. The first-order valence-corrected chi connectivity index (χ1v) is 6.94. The Hall–Kier alpha value is -2.08. The van der Waals surface area contributed by atoms with Crippen LogP contribution in [0, 0.1) is 0 Å². The van der Waals surface area contributed by atoms with Crippen LogP contribution in [0.3, 0.4) is 0 Å². The van der Waals surface area contributed by atoms with Crippen LogP contribution in [-0.4, -0.2) is 31.1 Å². The summed E-state index contributed by atoms with van der Waals surface area (Å²) in [6, 6.07) is 5.78. The van der Waals surface area contributed by atoms with Gasteiger partial charge in [-0.1, -0.05) is 12.1 Å². The lowest BCUT2D eigenvalue weighted by atomic mass is 10.1. The predicted octanol–water partition coefficient (Wildman–Crippen LogP) is 1.15. The molecule has 1 rings (SSSR count). The highest BCUT2D eigenvalue weighted by Gasteiger charge is 2.24. The number of carbonyl (C=O) groups excluding carboxylic acids is 2. The number of esters is 1. The Balaban J connectivity index is 2.61. The van der Waals surface area contributed by atoms with Crippen molar-refractivity contribution in [3.05, 3.63) is 29.8 Å². The molecular weight excluding hydrogens is 272 g/mol. The minimum atomic E-state index is -1.31. The highest BCUT2D eigenvalue weighted by Crippen LogP contribution is 2.17. The van der Waals surface area contributed by atoms with Crippen molar-refractivity contribution in [2.45, 2.75) is 32.9 Å². The number of hydrogen-bond donors (Lipinski definition) is 2. The molecule has 0 saturated carbocycles. The topological polar surface area (TPSA) is 90.7 Å². The molecule has 0 bridgehead atoms. The average molecular weight is 294 g/mol. The maximum Gasteiger partial charge on any atom is 0.332 e. The van der Waals surface area contributed by atoms with Gasteiger partial charge in [0.05, 0.1) is 19.3 Å². The van der Waals surface area contributed by atoms with Gasteiger partial charge in [0, 0.05) is 0 Å². The highest BCUT2D eigenvalue weighted by molar-refractivity contribution is 6.01. The van der Waals surface area contributed by atoms with Crippen LogP contribution in [0.1, 0.15) is 32.4 Å². The van der Waals surface area contributed by atoms with E-state index in [9.17, 15) is 9.59 Å². The van der Waals surface area contributed by atoms with E-state index in [2.05, 4.69) is 5.32 Å². The van der Waals surface area contributed by atoms with E-state index in [0.29, 0.717) is 6.61 Å². The van der Waals surface area contributed by atoms with E-state index in [4.69, 9.17) is 15.2 Å². The fraction of sp³-hybridized carbons (Fsp3) is 0.467. The van der Waals surface area contributed by atoms with Gasteiger partial charge in [0.1, 0.15) is 5.75 Å². The predicted molar refractivity (Wildman–Crippen MR) is 78.8 cm³/mol. The molecular formula is C15H22N2O4. The maximum atomic E-state index is 11.9. The zero-order valence-electron chi connectivity index (χ0n) is 12.6. The van der Waals surface area contributed by atoms with Gasteiger partial charge in [-0.3, -0.25) is 4.79 Å². The molecule has 0 saturated heterocycles.